The van der Waals surface area contributed by atoms with Gasteiger partial charge in [-0.2, -0.15) is 0 Å². The fourth-order valence-electron chi connectivity index (χ4n) is 8.64. The summed E-state index contributed by atoms with van der Waals surface area (Å²) in [6, 6.07) is 29.3. The minimum absolute atomic E-state index is 0.331. The van der Waals surface area contributed by atoms with E-state index >= 15 is 0 Å². The molecule has 0 saturated heterocycles. The van der Waals surface area contributed by atoms with E-state index in [1.54, 1.807) is 0 Å². The van der Waals surface area contributed by atoms with E-state index in [1.165, 1.54) is 33.1 Å². The largest absolute Gasteiger partial charge is 0.342 e. The van der Waals surface area contributed by atoms with Crippen LogP contribution in [-0.2, 0) is 26.1 Å². The van der Waals surface area contributed by atoms with E-state index in [9.17, 15) is 0 Å². The Kier molecular flexibility index (Phi) is 17.6. The van der Waals surface area contributed by atoms with Gasteiger partial charge in [-0.25, -0.2) is 0 Å². The molecule has 0 aromatic heterocycles. The van der Waals surface area contributed by atoms with E-state index in [2.05, 4.69) is 126 Å². The summed E-state index contributed by atoms with van der Waals surface area (Å²) in [4.78, 5) is 17.7. The fraction of sp³-hybridized carbons (Fsp3) is 0.321. The first-order chi connectivity index (χ1) is 31.4. The Hall–Kier alpha value is -3.82. The molecule has 2 aliphatic carbocycles. The standard InChI is InChI=1S/C53H56Cl6N6/c1-36-13-5-8-20-45(36)37(2)24-28-64-35-65(53(59)52(64)58)34-40-30-38(32-61-49(55)50(56)62(3)27-25-44-19-12-17-42-15-7-10-22-47(42)44)29-39(31-40)33-63(4)51(57)48(54)60-26-23-43-18-11-16-41-14-6-9-21-46(41)43/h5-14,16-22,29-31,42,50-51H,1,15,23-28,32-35H2,2-4H3. The Morgan fingerprint density at radius 2 is 1.51 bits per heavy atom. The van der Waals surface area contributed by atoms with Gasteiger partial charge in [-0.05, 0) is 101 Å². The minimum Gasteiger partial charge on any atom is -0.342 e. The van der Waals surface area contributed by atoms with Crippen LogP contribution in [0.15, 0.2) is 153 Å². The van der Waals surface area contributed by atoms with Gasteiger partial charge >= 0.3 is 0 Å². The molecule has 65 heavy (non-hydrogen) atoms. The molecule has 0 fully saturated rings. The number of halogens is 6. The van der Waals surface area contributed by atoms with Crippen LogP contribution in [0.1, 0.15) is 48.4 Å². The summed E-state index contributed by atoms with van der Waals surface area (Å²) in [6.07, 6.45) is 16.7. The van der Waals surface area contributed by atoms with E-state index in [0.717, 1.165) is 65.9 Å². The molecule has 0 radical (unpaired) electrons. The van der Waals surface area contributed by atoms with Gasteiger partial charge in [-0.3, -0.25) is 19.8 Å². The number of rotatable bonds is 19. The van der Waals surface area contributed by atoms with Crippen LogP contribution in [0.25, 0.3) is 22.9 Å². The number of hydrogen-bond acceptors (Lipinski definition) is 6. The lowest BCUT2D eigenvalue weighted by atomic mass is 9.82. The van der Waals surface area contributed by atoms with Crippen molar-refractivity contribution in [3.8, 4) is 0 Å². The lowest BCUT2D eigenvalue weighted by Gasteiger charge is -2.27. The number of benzene rings is 4. The van der Waals surface area contributed by atoms with Gasteiger partial charge < -0.3 is 9.80 Å². The Morgan fingerprint density at radius 3 is 2.34 bits per heavy atom. The smallest absolute Gasteiger partial charge is 0.142 e. The van der Waals surface area contributed by atoms with Crippen molar-refractivity contribution in [1.82, 2.24) is 19.6 Å². The van der Waals surface area contributed by atoms with Crippen molar-refractivity contribution in [3.05, 3.63) is 176 Å². The second-order valence-electron chi connectivity index (χ2n) is 17.0. The van der Waals surface area contributed by atoms with Crippen LogP contribution in [0, 0.1) is 5.92 Å². The molecule has 7 rings (SSSR count). The molecule has 1 heterocycles. The normalized spacial score (nSPS) is 18.2. The highest BCUT2D eigenvalue weighted by Gasteiger charge is 2.27. The Balaban J connectivity index is 1.04. The Morgan fingerprint density at radius 1 is 0.800 bits per heavy atom. The zero-order chi connectivity index (χ0) is 46.0. The van der Waals surface area contributed by atoms with Crippen molar-refractivity contribution >= 4 is 103 Å². The number of hydrogen-bond donors (Lipinski definition) is 0. The zero-order valence-electron chi connectivity index (χ0n) is 37.2. The molecule has 12 heteroatoms. The van der Waals surface area contributed by atoms with Gasteiger partial charge in [0, 0.05) is 38.6 Å². The molecule has 0 bridgehead atoms. The summed E-state index contributed by atoms with van der Waals surface area (Å²) in [5.41, 5.74) is 7.01. The molecule has 6 nitrogen and oxygen atoms in total. The maximum Gasteiger partial charge on any atom is 0.142 e. The molecule has 4 aromatic carbocycles. The van der Waals surface area contributed by atoms with Crippen LogP contribution in [0.2, 0.25) is 0 Å². The lowest BCUT2D eigenvalue weighted by Crippen LogP contribution is -2.33. The number of nitrogens with zero attached hydrogens (tertiary/aromatic N) is 6. The summed E-state index contributed by atoms with van der Waals surface area (Å²) in [7, 11) is 3.93. The third kappa shape index (κ3) is 12.8. The molecular formula is C53H56Cl6N6. The molecular weight excluding hydrogens is 933 g/mol. The number of aliphatic imine (C=N–C) groups is 2. The van der Waals surface area contributed by atoms with Crippen molar-refractivity contribution < 1.29 is 0 Å². The summed E-state index contributed by atoms with van der Waals surface area (Å²) in [5.74, 6) is 0.443. The first-order valence-corrected chi connectivity index (χ1v) is 24.4. The van der Waals surface area contributed by atoms with E-state index in [1.807, 2.05) is 42.1 Å². The Bertz CT molecular complexity index is 2680. The molecule has 340 valence electrons. The van der Waals surface area contributed by atoms with Crippen molar-refractivity contribution in [1.29, 1.82) is 0 Å². The molecule has 3 aliphatic rings. The third-order valence-corrected chi connectivity index (χ3v) is 15.2. The van der Waals surface area contributed by atoms with E-state index < -0.39 is 11.0 Å². The second kappa shape index (κ2) is 23.3. The van der Waals surface area contributed by atoms with Gasteiger partial charge in [0.05, 0.1) is 13.2 Å². The number of allylic oxidation sites excluding steroid dienone is 7. The molecule has 0 saturated carbocycles. The van der Waals surface area contributed by atoms with Crippen molar-refractivity contribution in [2.75, 3.05) is 40.4 Å². The van der Waals surface area contributed by atoms with Crippen molar-refractivity contribution in [3.63, 3.8) is 0 Å². The van der Waals surface area contributed by atoms with Crippen LogP contribution >= 0.6 is 69.6 Å². The van der Waals surface area contributed by atoms with Crippen LogP contribution in [-0.4, -0.2) is 81.3 Å². The number of fused-ring (bicyclic) bond motifs is 2. The van der Waals surface area contributed by atoms with Crippen LogP contribution < -0.4 is 10.4 Å². The van der Waals surface area contributed by atoms with Gasteiger partial charge in [0.15, 0.2) is 0 Å². The molecule has 4 aromatic rings. The molecule has 0 N–H and O–H groups in total. The summed E-state index contributed by atoms with van der Waals surface area (Å²) in [5, 5.41) is 6.33. The second-order valence-corrected chi connectivity index (χ2v) is 19.4. The van der Waals surface area contributed by atoms with Crippen LogP contribution in [0.4, 0.5) is 0 Å². The van der Waals surface area contributed by atoms with Crippen molar-refractivity contribution in [2.45, 2.75) is 63.2 Å². The topological polar surface area (TPSA) is 37.7 Å². The van der Waals surface area contributed by atoms with Crippen LogP contribution in [0.5, 0.6) is 0 Å². The highest BCUT2D eigenvalue weighted by Crippen LogP contribution is 2.34. The first-order valence-electron chi connectivity index (χ1n) is 22.1. The SMILES string of the molecule is C=c1ccccc1=C(C)CCN1CN(Cc2cc(CN=C(Cl)C(Cl)N(C)CCC3=CC=CC4CC=CC=C34)cc(CN(C)C(Cl)C(Cl)=NCCc3cccc4ccccc34)c2)C(Cl)=C1Cl. The predicted octanol–water partition coefficient (Wildman–Crippen LogP) is 12.1. The van der Waals surface area contributed by atoms with Gasteiger partial charge in [0.2, 0.25) is 0 Å². The molecule has 0 amide bonds. The Labute approximate surface area is 414 Å². The molecule has 0 spiro atoms. The minimum atomic E-state index is -0.632. The molecule has 1 aliphatic heterocycles. The molecule has 3 unspecified atom stereocenters. The highest BCUT2D eigenvalue weighted by molar-refractivity contribution is 6.71. The number of alkyl halides is 2. The lowest BCUT2D eigenvalue weighted by molar-refractivity contribution is 0.256. The summed E-state index contributed by atoms with van der Waals surface area (Å²) >= 11 is 41.4. The average molecular weight is 990 g/mol. The highest BCUT2D eigenvalue weighted by atomic mass is 35.5. The van der Waals surface area contributed by atoms with E-state index in [-0.39, 0.29) is 0 Å². The van der Waals surface area contributed by atoms with E-state index in [4.69, 9.17) is 79.6 Å². The first kappa shape index (κ1) is 49.1. The summed E-state index contributed by atoms with van der Waals surface area (Å²) < 4.78 is 0. The van der Waals surface area contributed by atoms with Gasteiger partial charge in [-0.15, -0.1) is 0 Å². The zero-order valence-corrected chi connectivity index (χ0v) is 41.8. The van der Waals surface area contributed by atoms with Gasteiger partial charge in [-0.1, -0.05) is 203 Å². The van der Waals surface area contributed by atoms with Gasteiger partial charge in [0.25, 0.3) is 0 Å². The van der Waals surface area contributed by atoms with Crippen molar-refractivity contribution in [2.24, 2.45) is 15.9 Å². The third-order valence-electron chi connectivity index (χ3n) is 12.3. The average Bonchev–Trinajstić information content (AvgIpc) is 3.58. The monoisotopic (exact) mass is 986 g/mol. The fourth-order valence-corrected chi connectivity index (χ4v) is 9.92. The van der Waals surface area contributed by atoms with Crippen LogP contribution in [0.3, 0.4) is 0 Å². The predicted molar refractivity (Wildman–Crippen MR) is 281 cm³/mol. The summed E-state index contributed by atoms with van der Waals surface area (Å²) in [6.45, 7) is 10.2. The molecule has 3 atom stereocenters. The quantitative estimate of drug-likeness (QED) is 0.0533. The van der Waals surface area contributed by atoms with Gasteiger partial charge in [0.1, 0.15) is 31.7 Å². The van der Waals surface area contributed by atoms with E-state index in [0.29, 0.717) is 59.4 Å². The maximum atomic E-state index is 6.99. The maximum absolute atomic E-state index is 6.99.